The predicted molar refractivity (Wildman–Crippen MR) is 154 cm³/mol. The molecule has 0 aliphatic heterocycles. The van der Waals surface area contributed by atoms with E-state index in [1.54, 1.807) is 23.6 Å². The van der Waals surface area contributed by atoms with Crippen molar-refractivity contribution in [2.45, 2.75) is 12.5 Å². The highest BCUT2D eigenvalue weighted by atomic mass is 35.5. The van der Waals surface area contributed by atoms with E-state index in [1.165, 1.54) is 30.3 Å². The molecule has 3 aromatic rings. The highest BCUT2D eigenvalue weighted by Crippen LogP contribution is 2.26. The lowest BCUT2D eigenvalue weighted by Gasteiger charge is -2.11. The minimum atomic E-state index is -1.41. The van der Waals surface area contributed by atoms with Crippen molar-refractivity contribution in [3.63, 3.8) is 0 Å². The molecule has 3 N–H and O–H groups in total. The number of carbonyl (C=O) groups is 6. The summed E-state index contributed by atoms with van der Waals surface area (Å²) in [7, 11) is 0. The van der Waals surface area contributed by atoms with Crippen LogP contribution < -0.4 is 5.32 Å². The first-order chi connectivity index (χ1) is 19.8. The van der Waals surface area contributed by atoms with Crippen LogP contribution in [-0.2, 0) is 23.9 Å². The fraction of sp³-hybridized carbons (Fsp3) is 0.154. The smallest absolute Gasteiger partial charge is 0.341 e. The van der Waals surface area contributed by atoms with E-state index in [-0.39, 0.29) is 31.2 Å². The summed E-state index contributed by atoms with van der Waals surface area (Å²) in [5, 5.41) is 21.3. The largest absolute Gasteiger partial charge is 0.481 e. The number of ketones is 1. The summed E-state index contributed by atoms with van der Waals surface area (Å²) in [6.07, 6.45) is -0.646. The molecule has 222 valence electrons. The second kappa shape index (κ2) is 16.7. The van der Waals surface area contributed by atoms with Gasteiger partial charge in [0.1, 0.15) is 6.04 Å². The number of ether oxygens (including phenoxy) is 2. The van der Waals surface area contributed by atoms with Gasteiger partial charge >= 0.3 is 23.9 Å². The van der Waals surface area contributed by atoms with Crippen molar-refractivity contribution in [3.05, 3.63) is 90.0 Å². The van der Waals surface area contributed by atoms with E-state index in [0.29, 0.717) is 4.88 Å². The van der Waals surface area contributed by atoms with E-state index in [2.05, 4.69) is 5.32 Å². The molecule has 0 spiro atoms. The van der Waals surface area contributed by atoms with Crippen molar-refractivity contribution in [2.24, 2.45) is 0 Å². The van der Waals surface area contributed by atoms with Gasteiger partial charge < -0.3 is 25.0 Å². The van der Waals surface area contributed by atoms with Gasteiger partial charge in [0.2, 0.25) is 5.78 Å². The van der Waals surface area contributed by atoms with Crippen molar-refractivity contribution >= 4 is 93.3 Å². The molecule has 0 bridgehead atoms. The van der Waals surface area contributed by atoms with Crippen molar-refractivity contribution in [3.8, 4) is 0 Å². The minimum absolute atomic E-state index is 0.0523. The number of carbonyl (C=O) groups excluding carboxylic acids is 4. The van der Waals surface area contributed by atoms with Gasteiger partial charge in [-0.2, -0.15) is 0 Å². The third-order valence-corrected chi connectivity index (χ3v) is 6.92. The third kappa shape index (κ3) is 10.6. The molecule has 0 saturated heterocycles. The number of halogens is 4. The molecule has 0 saturated carbocycles. The first kappa shape index (κ1) is 34.5. The van der Waals surface area contributed by atoms with Gasteiger partial charge in [-0.25, -0.2) is 14.4 Å². The molecule has 1 heterocycles. The maximum atomic E-state index is 12.0. The van der Waals surface area contributed by atoms with Crippen LogP contribution in [-0.4, -0.2) is 65.0 Å². The van der Waals surface area contributed by atoms with E-state index in [9.17, 15) is 28.8 Å². The molecule has 0 fully saturated rings. The van der Waals surface area contributed by atoms with Gasteiger partial charge in [-0.05, 0) is 35.7 Å². The number of esters is 2. The molecule has 1 atom stereocenters. The molecular weight excluding hydrogens is 660 g/mol. The Hall–Kier alpha value is -3.68. The van der Waals surface area contributed by atoms with Gasteiger partial charge in [-0.3, -0.25) is 14.4 Å². The van der Waals surface area contributed by atoms with Crippen LogP contribution >= 0.6 is 57.7 Å². The van der Waals surface area contributed by atoms with Crippen molar-refractivity contribution in [1.29, 1.82) is 0 Å². The molecule has 0 unspecified atom stereocenters. The van der Waals surface area contributed by atoms with E-state index < -0.39 is 61.2 Å². The average molecular weight is 679 g/mol. The summed E-state index contributed by atoms with van der Waals surface area (Å²) in [5.74, 6) is -5.61. The second-order valence-corrected chi connectivity index (χ2v) is 10.4. The number of aliphatic carboxylic acids is 2. The van der Waals surface area contributed by atoms with Gasteiger partial charge in [0.25, 0.3) is 5.91 Å². The zero-order valence-corrected chi connectivity index (χ0v) is 24.8. The Morgan fingerprint density at radius 3 is 1.55 bits per heavy atom. The maximum absolute atomic E-state index is 12.0. The number of benzene rings is 2. The number of thiophene rings is 1. The van der Waals surface area contributed by atoms with Crippen LogP contribution in [0.2, 0.25) is 20.1 Å². The van der Waals surface area contributed by atoms with E-state index in [0.717, 1.165) is 11.3 Å². The number of carboxylic acids is 2. The Labute approximate surface area is 261 Å². The topological polar surface area (TPSA) is 173 Å². The van der Waals surface area contributed by atoms with E-state index in [1.807, 2.05) is 0 Å². The standard InChI is InChI=1S/C17H10Cl4O5.C9H9NO5S/c18-10-3-1-4-11(19)14(10)16(23)25-7-9(22)8-26-17(24)15-12(20)5-2-6-13(15)21;11-7(12)4-5(9(14)15)10-8(13)6-2-1-3-16-6/h1-6H,7-8H2;1-3,5H,4H2,(H,10,13)(H,11,12)(H,14,15)/t;5-/m.0/s1. The van der Waals surface area contributed by atoms with Gasteiger partial charge in [0.05, 0.1) is 42.5 Å². The molecule has 42 heavy (non-hydrogen) atoms. The first-order valence-electron chi connectivity index (χ1n) is 11.3. The molecule has 0 radical (unpaired) electrons. The Bertz CT molecular complexity index is 1370. The highest BCUT2D eigenvalue weighted by Gasteiger charge is 2.24. The van der Waals surface area contributed by atoms with Crippen molar-refractivity contribution in [1.82, 2.24) is 5.32 Å². The van der Waals surface area contributed by atoms with Gasteiger partial charge in [-0.15, -0.1) is 11.3 Å². The minimum Gasteiger partial charge on any atom is -0.481 e. The second-order valence-electron chi connectivity index (χ2n) is 7.82. The number of rotatable bonds is 11. The molecule has 3 rings (SSSR count). The molecule has 16 heteroatoms. The normalized spacial score (nSPS) is 10.9. The number of carboxylic acid groups (broad SMARTS) is 2. The lowest BCUT2D eigenvalue weighted by molar-refractivity contribution is -0.145. The lowest BCUT2D eigenvalue weighted by atomic mass is 10.2. The van der Waals surface area contributed by atoms with Crippen LogP contribution in [0.5, 0.6) is 0 Å². The quantitative estimate of drug-likeness (QED) is 0.226. The molecule has 0 aliphatic carbocycles. The Kier molecular flexibility index (Phi) is 13.7. The van der Waals surface area contributed by atoms with Crippen LogP contribution in [0.3, 0.4) is 0 Å². The van der Waals surface area contributed by atoms with E-state index >= 15 is 0 Å². The predicted octanol–water partition coefficient (Wildman–Crippen LogP) is 5.29. The molecular formula is C26H19Cl4NO10S. The van der Waals surface area contributed by atoms with Crippen LogP contribution in [0.1, 0.15) is 36.8 Å². The summed E-state index contributed by atoms with van der Waals surface area (Å²) in [5.41, 5.74) is -0.105. The van der Waals surface area contributed by atoms with Crippen LogP contribution in [0, 0.1) is 0 Å². The molecule has 11 nitrogen and oxygen atoms in total. The SMILES string of the molecule is O=C(COC(=O)c1c(Cl)cccc1Cl)COC(=O)c1c(Cl)cccc1Cl.O=C(O)C[C@H](NC(=O)c1cccs1)C(=O)O. The molecule has 1 amide bonds. The summed E-state index contributed by atoms with van der Waals surface area (Å²) < 4.78 is 9.67. The number of nitrogens with one attached hydrogen (secondary N) is 1. The van der Waals surface area contributed by atoms with Gasteiger partial charge in [0, 0.05) is 0 Å². The van der Waals surface area contributed by atoms with Gasteiger partial charge in [0.15, 0.2) is 13.2 Å². The Morgan fingerprint density at radius 2 is 1.19 bits per heavy atom. The summed E-state index contributed by atoms with van der Waals surface area (Å²) >= 11 is 24.7. The average Bonchev–Trinajstić information content (AvgIpc) is 3.46. The maximum Gasteiger partial charge on any atom is 0.341 e. The summed E-state index contributed by atoms with van der Waals surface area (Å²) in [6, 6.07) is 10.7. The lowest BCUT2D eigenvalue weighted by Crippen LogP contribution is -2.41. The summed E-state index contributed by atoms with van der Waals surface area (Å²) in [6.45, 7) is -1.24. The molecule has 2 aromatic carbocycles. The third-order valence-electron chi connectivity index (χ3n) is 4.79. The zero-order valence-electron chi connectivity index (χ0n) is 21.0. The van der Waals surface area contributed by atoms with Crippen molar-refractivity contribution in [2.75, 3.05) is 13.2 Å². The fourth-order valence-corrected chi connectivity index (χ4v) is 4.61. The first-order valence-corrected chi connectivity index (χ1v) is 13.7. The van der Waals surface area contributed by atoms with Crippen molar-refractivity contribution < 1.29 is 48.5 Å². The highest BCUT2D eigenvalue weighted by molar-refractivity contribution is 7.12. The Morgan fingerprint density at radius 1 is 0.738 bits per heavy atom. The summed E-state index contributed by atoms with van der Waals surface area (Å²) in [4.78, 5) is 68.5. The molecule has 0 aliphatic rings. The van der Waals surface area contributed by atoms with Gasteiger partial charge in [-0.1, -0.05) is 64.6 Å². The van der Waals surface area contributed by atoms with Crippen LogP contribution in [0.15, 0.2) is 53.9 Å². The fourth-order valence-electron chi connectivity index (χ4n) is 2.88. The number of hydrogen-bond donors (Lipinski definition) is 3. The van der Waals surface area contributed by atoms with Crippen LogP contribution in [0.4, 0.5) is 0 Å². The molecule has 1 aromatic heterocycles. The number of hydrogen-bond acceptors (Lipinski definition) is 9. The monoisotopic (exact) mass is 677 g/mol. The number of Topliss-reactive ketones (excluding diaryl/α,β-unsaturated/α-hetero) is 1. The van der Waals surface area contributed by atoms with E-state index in [4.69, 9.17) is 66.1 Å². The van der Waals surface area contributed by atoms with Crippen LogP contribution in [0.25, 0.3) is 0 Å². The Balaban J connectivity index is 0.000000330. The number of amides is 1. The zero-order chi connectivity index (χ0) is 31.4.